The zero-order valence-corrected chi connectivity index (χ0v) is 12.0. The van der Waals surface area contributed by atoms with Gasteiger partial charge in [0.05, 0.1) is 6.54 Å². The Kier molecular flexibility index (Phi) is 6.21. The van der Waals surface area contributed by atoms with Gasteiger partial charge in [-0.2, -0.15) is 0 Å². The summed E-state index contributed by atoms with van der Waals surface area (Å²) in [7, 11) is 1.69. The molecule has 0 radical (unpaired) electrons. The van der Waals surface area contributed by atoms with Crippen LogP contribution in [0.1, 0.15) is 41.0 Å². The molecule has 0 aromatic carbocycles. The third kappa shape index (κ3) is 6.29. The Balaban J connectivity index is 4.30. The Morgan fingerprint density at radius 3 is 1.82 bits per heavy atom. The van der Waals surface area contributed by atoms with E-state index in [4.69, 9.17) is 0 Å². The second kappa shape index (κ2) is 6.62. The molecule has 0 aromatic heterocycles. The molecule has 0 aliphatic carbocycles. The van der Waals surface area contributed by atoms with Crippen LogP contribution in [0, 0.1) is 5.41 Å². The molecule has 2 amide bonds. The third-order valence-electron chi connectivity index (χ3n) is 2.60. The third-order valence-corrected chi connectivity index (χ3v) is 2.60. The normalized spacial score (nSPS) is 11.2. The SMILES string of the molecule is CCN(CC)C(=O)CN(C)C(=O)CC(C)(C)C. The first-order valence-corrected chi connectivity index (χ1v) is 6.23. The Morgan fingerprint density at radius 2 is 1.47 bits per heavy atom. The highest BCUT2D eigenvalue weighted by Gasteiger charge is 2.21. The van der Waals surface area contributed by atoms with Crippen LogP contribution < -0.4 is 0 Å². The van der Waals surface area contributed by atoms with Crippen LogP contribution in [0.15, 0.2) is 0 Å². The van der Waals surface area contributed by atoms with Gasteiger partial charge in [-0.15, -0.1) is 0 Å². The van der Waals surface area contributed by atoms with E-state index in [1.165, 1.54) is 4.90 Å². The number of nitrogens with zero attached hydrogens (tertiary/aromatic N) is 2. The summed E-state index contributed by atoms with van der Waals surface area (Å²) in [6.07, 6.45) is 0.467. The van der Waals surface area contributed by atoms with Gasteiger partial charge in [0.25, 0.3) is 0 Å². The van der Waals surface area contributed by atoms with Crippen LogP contribution in [0.3, 0.4) is 0 Å². The van der Waals surface area contributed by atoms with Gasteiger partial charge in [-0.1, -0.05) is 20.8 Å². The average Bonchev–Trinajstić information content (AvgIpc) is 2.16. The zero-order valence-electron chi connectivity index (χ0n) is 12.0. The molecule has 0 saturated carbocycles. The van der Waals surface area contributed by atoms with E-state index in [-0.39, 0.29) is 23.8 Å². The lowest BCUT2D eigenvalue weighted by Crippen LogP contribution is -2.41. The highest BCUT2D eigenvalue weighted by Crippen LogP contribution is 2.19. The van der Waals surface area contributed by atoms with Crippen molar-refractivity contribution in [2.75, 3.05) is 26.7 Å². The van der Waals surface area contributed by atoms with Crippen molar-refractivity contribution < 1.29 is 9.59 Å². The molecule has 0 aliphatic rings. The van der Waals surface area contributed by atoms with E-state index >= 15 is 0 Å². The minimum Gasteiger partial charge on any atom is -0.342 e. The molecule has 0 saturated heterocycles. The van der Waals surface area contributed by atoms with Crippen LogP contribution in [0.2, 0.25) is 0 Å². The highest BCUT2D eigenvalue weighted by atomic mass is 16.2. The van der Waals surface area contributed by atoms with E-state index in [0.717, 1.165) is 0 Å². The molecule has 4 nitrogen and oxygen atoms in total. The first-order valence-electron chi connectivity index (χ1n) is 6.23. The van der Waals surface area contributed by atoms with Gasteiger partial charge in [-0.05, 0) is 19.3 Å². The number of carbonyl (C=O) groups is 2. The summed E-state index contributed by atoms with van der Waals surface area (Å²) in [6.45, 7) is 11.5. The fraction of sp³-hybridized carbons (Fsp3) is 0.846. The predicted octanol–water partition coefficient (Wildman–Crippen LogP) is 1.75. The van der Waals surface area contributed by atoms with Gasteiger partial charge in [0.2, 0.25) is 11.8 Å². The van der Waals surface area contributed by atoms with E-state index in [0.29, 0.717) is 19.5 Å². The molecule has 17 heavy (non-hydrogen) atoms. The van der Waals surface area contributed by atoms with Gasteiger partial charge < -0.3 is 9.80 Å². The number of carbonyl (C=O) groups excluding carboxylic acids is 2. The highest BCUT2D eigenvalue weighted by molar-refractivity contribution is 5.84. The van der Waals surface area contributed by atoms with E-state index in [2.05, 4.69) is 0 Å². The number of rotatable bonds is 5. The van der Waals surface area contributed by atoms with Crippen molar-refractivity contribution in [1.82, 2.24) is 9.80 Å². The van der Waals surface area contributed by atoms with Crippen LogP contribution >= 0.6 is 0 Å². The van der Waals surface area contributed by atoms with Crippen LogP contribution in [-0.4, -0.2) is 48.3 Å². The molecular weight excluding hydrogens is 216 g/mol. The quantitative estimate of drug-likeness (QED) is 0.737. The molecule has 0 N–H and O–H groups in total. The maximum Gasteiger partial charge on any atom is 0.242 e. The molecule has 0 atom stereocenters. The van der Waals surface area contributed by atoms with Crippen LogP contribution in [0.4, 0.5) is 0 Å². The van der Waals surface area contributed by atoms with E-state index in [1.807, 2.05) is 34.6 Å². The van der Waals surface area contributed by atoms with Crippen molar-refractivity contribution in [2.45, 2.75) is 41.0 Å². The molecular formula is C13H26N2O2. The zero-order chi connectivity index (χ0) is 13.6. The molecule has 0 heterocycles. The largest absolute Gasteiger partial charge is 0.342 e. The summed E-state index contributed by atoms with van der Waals surface area (Å²) >= 11 is 0. The summed E-state index contributed by atoms with van der Waals surface area (Å²) in [4.78, 5) is 26.9. The van der Waals surface area contributed by atoms with Gasteiger partial charge in [0.1, 0.15) is 0 Å². The molecule has 0 aliphatic heterocycles. The molecule has 100 valence electrons. The number of hydrogen-bond acceptors (Lipinski definition) is 2. The lowest BCUT2D eigenvalue weighted by Gasteiger charge is -2.25. The van der Waals surface area contributed by atoms with E-state index in [9.17, 15) is 9.59 Å². The van der Waals surface area contributed by atoms with Gasteiger partial charge in [-0.25, -0.2) is 0 Å². The lowest BCUT2D eigenvalue weighted by atomic mass is 9.92. The van der Waals surface area contributed by atoms with Crippen molar-refractivity contribution in [3.05, 3.63) is 0 Å². The van der Waals surface area contributed by atoms with Gasteiger partial charge in [-0.3, -0.25) is 9.59 Å². The average molecular weight is 242 g/mol. The number of likely N-dealkylation sites (N-methyl/N-ethyl adjacent to an activating group) is 2. The molecule has 0 unspecified atom stereocenters. The minimum absolute atomic E-state index is 0.0137. The van der Waals surface area contributed by atoms with Crippen molar-refractivity contribution >= 4 is 11.8 Å². The Hall–Kier alpha value is -1.06. The fourth-order valence-electron chi connectivity index (χ4n) is 1.56. The smallest absolute Gasteiger partial charge is 0.242 e. The van der Waals surface area contributed by atoms with Crippen molar-refractivity contribution in [2.24, 2.45) is 5.41 Å². The summed E-state index contributed by atoms with van der Waals surface area (Å²) in [5, 5.41) is 0. The number of amides is 2. The van der Waals surface area contributed by atoms with Crippen LogP contribution in [-0.2, 0) is 9.59 Å². The second-order valence-corrected chi connectivity index (χ2v) is 5.55. The Labute approximate surface area is 105 Å². The summed E-state index contributed by atoms with van der Waals surface area (Å²) < 4.78 is 0. The first kappa shape index (κ1) is 15.9. The molecule has 0 rings (SSSR count). The predicted molar refractivity (Wildman–Crippen MR) is 69.6 cm³/mol. The Morgan fingerprint density at radius 1 is 1.00 bits per heavy atom. The van der Waals surface area contributed by atoms with Crippen molar-refractivity contribution in [3.63, 3.8) is 0 Å². The second-order valence-electron chi connectivity index (χ2n) is 5.55. The maximum atomic E-state index is 11.8. The fourth-order valence-corrected chi connectivity index (χ4v) is 1.56. The van der Waals surface area contributed by atoms with Gasteiger partial charge in [0.15, 0.2) is 0 Å². The molecule has 0 aromatic rings. The summed E-state index contributed by atoms with van der Waals surface area (Å²) in [5.74, 6) is 0.0396. The van der Waals surface area contributed by atoms with Crippen LogP contribution in [0.25, 0.3) is 0 Å². The molecule has 0 fully saturated rings. The van der Waals surface area contributed by atoms with Crippen molar-refractivity contribution in [1.29, 1.82) is 0 Å². The summed E-state index contributed by atoms with van der Waals surface area (Å²) in [6, 6.07) is 0. The maximum absolute atomic E-state index is 11.8. The molecule has 0 bridgehead atoms. The van der Waals surface area contributed by atoms with E-state index in [1.54, 1.807) is 11.9 Å². The standard InChI is InChI=1S/C13H26N2O2/c1-7-15(8-2)12(17)10-14(6)11(16)9-13(3,4)5/h7-10H2,1-6H3. The first-order chi connectivity index (χ1) is 7.71. The van der Waals surface area contributed by atoms with E-state index < -0.39 is 0 Å². The topological polar surface area (TPSA) is 40.6 Å². The van der Waals surface area contributed by atoms with Gasteiger partial charge >= 0.3 is 0 Å². The molecule has 4 heteroatoms. The molecule has 0 spiro atoms. The lowest BCUT2D eigenvalue weighted by molar-refractivity contribution is -0.140. The van der Waals surface area contributed by atoms with Crippen LogP contribution in [0.5, 0.6) is 0 Å². The number of hydrogen-bond donors (Lipinski definition) is 0. The minimum atomic E-state index is -0.0381. The summed E-state index contributed by atoms with van der Waals surface area (Å²) in [5.41, 5.74) is -0.0381. The van der Waals surface area contributed by atoms with Crippen molar-refractivity contribution in [3.8, 4) is 0 Å². The Bertz CT molecular complexity index is 265. The van der Waals surface area contributed by atoms with Gasteiger partial charge in [0, 0.05) is 26.6 Å². The monoisotopic (exact) mass is 242 g/mol.